The molecule has 0 fully saturated rings. The Balaban J connectivity index is 2.25. The Morgan fingerprint density at radius 2 is 2.00 bits per heavy atom. The van der Waals surface area contributed by atoms with E-state index in [1.54, 1.807) is 0 Å². The number of aromatic hydroxyl groups is 1. The van der Waals surface area contributed by atoms with Gasteiger partial charge >= 0.3 is 5.51 Å². The van der Waals surface area contributed by atoms with Gasteiger partial charge in [0.05, 0.1) is 0 Å². The fourth-order valence-corrected chi connectivity index (χ4v) is 1.61. The Hall–Kier alpha value is -0.950. The van der Waals surface area contributed by atoms with E-state index in [-0.39, 0.29) is 30.6 Å². The fraction of sp³-hybridized carbons (Fsp3) is 0.400. The molecule has 0 aromatic heterocycles. The lowest BCUT2D eigenvalue weighted by Crippen LogP contribution is -2.18. The molecule has 0 radical (unpaired) electrons. The van der Waals surface area contributed by atoms with E-state index < -0.39 is 17.1 Å². The number of phenols is 1. The molecule has 96 valence electrons. The maximum absolute atomic E-state index is 12.9. The standard InChI is InChI=1S/C10H11F4NOS/c11-8-5-7(1-2-9(8)16)6-15-3-4-17-10(12,13)14/h1-2,5,15-16H,3-4,6H2. The van der Waals surface area contributed by atoms with Gasteiger partial charge in [0.15, 0.2) is 11.6 Å². The SMILES string of the molecule is Oc1ccc(CNCCSC(F)(F)F)cc1F. The average molecular weight is 269 g/mol. The first-order valence-electron chi connectivity index (χ1n) is 4.77. The van der Waals surface area contributed by atoms with E-state index >= 15 is 0 Å². The van der Waals surface area contributed by atoms with E-state index in [0.29, 0.717) is 5.56 Å². The summed E-state index contributed by atoms with van der Waals surface area (Å²) >= 11 is -0.102. The number of hydrogen-bond acceptors (Lipinski definition) is 3. The highest BCUT2D eigenvalue weighted by Gasteiger charge is 2.27. The largest absolute Gasteiger partial charge is 0.505 e. The summed E-state index contributed by atoms with van der Waals surface area (Å²) in [6.07, 6.45) is 0. The molecule has 0 saturated carbocycles. The predicted molar refractivity (Wildman–Crippen MR) is 58.3 cm³/mol. The van der Waals surface area contributed by atoms with Gasteiger partial charge in [-0.05, 0) is 29.5 Å². The summed E-state index contributed by atoms with van der Waals surface area (Å²) < 4.78 is 48.2. The zero-order chi connectivity index (χ0) is 12.9. The van der Waals surface area contributed by atoms with E-state index in [9.17, 15) is 17.6 Å². The van der Waals surface area contributed by atoms with Crippen LogP contribution in [0, 0.1) is 5.82 Å². The van der Waals surface area contributed by atoms with Crippen LogP contribution in [0.4, 0.5) is 17.6 Å². The molecule has 1 aromatic rings. The minimum absolute atomic E-state index is 0.0932. The molecule has 0 saturated heterocycles. The number of nitrogens with one attached hydrogen (secondary N) is 1. The molecule has 1 aromatic carbocycles. The highest BCUT2D eigenvalue weighted by atomic mass is 32.2. The number of thioether (sulfide) groups is 1. The molecule has 0 heterocycles. The molecule has 0 atom stereocenters. The maximum atomic E-state index is 12.9. The summed E-state index contributed by atoms with van der Waals surface area (Å²) in [6.45, 7) is 0.433. The van der Waals surface area contributed by atoms with Crippen LogP contribution in [0.2, 0.25) is 0 Å². The van der Waals surface area contributed by atoms with Crippen molar-refractivity contribution in [3.05, 3.63) is 29.6 Å². The molecule has 0 unspecified atom stereocenters. The van der Waals surface area contributed by atoms with Crippen LogP contribution in [0.15, 0.2) is 18.2 Å². The van der Waals surface area contributed by atoms with Gasteiger partial charge in [0.25, 0.3) is 0 Å². The summed E-state index contributed by atoms with van der Waals surface area (Å²) in [4.78, 5) is 0. The second kappa shape index (κ2) is 6.11. The molecule has 1 rings (SSSR count). The van der Waals surface area contributed by atoms with Gasteiger partial charge in [0, 0.05) is 18.8 Å². The molecular weight excluding hydrogens is 258 g/mol. The van der Waals surface area contributed by atoms with Crippen molar-refractivity contribution in [1.29, 1.82) is 0 Å². The van der Waals surface area contributed by atoms with Crippen LogP contribution in [0.3, 0.4) is 0 Å². The number of benzene rings is 1. The monoisotopic (exact) mass is 269 g/mol. The van der Waals surface area contributed by atoms with Crippen LogP contribution in [-0.4, -0.2) is 22.9 Å². The predicted octanol–water partition coefficient (Wildman–Crippen LogP) is 2.87. The Labute approximate surface area is 100 Å². The maximum Gasteiger partial charge on any atom is 0.441 e. The average Bonchev–Trinajstić information content (AvgIpc) is 2.21. The zero-order valence-corrected chi connectivity index (χ0v) is 9.54. The number of alkyl halides is 3. The number of hydrogen-bond donors (Lipinski definition) is 2. The van der Waals surface area contributed by atoms with Crippen molar-refractivity contribution < 1.29 is 22.7 Å². The molecule has 17 heavy (non-hydrogen) atoms. The highest BCUT2D eigenvalue weighted by Crippen LogP contribution is 2.29. The van der Waals surface area contributed by atoms with Gasteiger partial charge in [-0.15, -0.1) is 0 Å². The van der Waals surface area contributed by atoms with Gasteiger partial charge in [-0.25, -0.2) is 4.39 Å². The molecule has 0 aliphatic carbocycles. The van der Waals surface area contributed by atoms with Crippen LogP contribution < -0.4 is 5.32 Å². The van der Waals surface area contributed by atoms with E-state index in [1.165, 1.54) is 12.1 Å². The smallest absolute Gasteiger partial charge is 0.441 e. The molecular formula is C10H11F4NOS. The van der Waals surface area contributed by atoms with Gasteiger partial charge in [0.1, 0.15) is 0 Å². The normalized spacial score (nSPS) is 11.8. The number of halogens is 4. The Kier molecular flexibility index (Phi) is 5.07. The van der Waals surface area contributed by atoms with E-state index in [2.05, 4.69) is 5.32 Å². The fourth-order valence-electron chi connectivity index (χ4n) is 1.13. The van der Waals surface area contributed by atoms with E-state index in [4.69, 9.17) is 5.11 Å². The third-order valence-corrected chi connectivity index (χ3v) is 2.62. The summed E-state index contributed by atoms with van der Waals surface area (Å²) in [5.74, 6) is -1.28. The molecule has 2 N–H and O–H groups in total. The Bertz CT molecular complexity index is 370. The lowest BCUT2D eigenvalue weighted by Gasteiger charge is -2.07. The number of rotatable bonds is 5. The van der Waals surface area contributed by atoms with Crippen molar-refractivity contribution in [2.75, 3.05) is 12.3 Å². The van der Waals surface area contributed by atoms with Crippen molar-refractivity contribution in [3.8, 4) is 5.75 Å². The minimum atomic E-state index is -4.22. The summed E-state index contributed by atoms with van der Waals surface area (Å²) in [6, 6.07) is 3.85. The molecule has 7 heteroatoms. The molecule has 2 nitrogen and oxygen atoms in total. The van der Waals surface area contributed by atoms with Gasteiger partial charge in [-0.2, -0.15) is 13.2 Å². The summed E-state index contributed by atoms with van der Waals surface area (Å²) in [5, 5.41) is 11.7. The van der Waals surface area contributed by atoms with Crippen molar-refractivity contribution in [2.24, 2.45) is 0 Å². The third-order valence-electron chi connectivity index (χ3n) is 1.89. The van der Waals surface area contributed by atoms with Gasteiger partial charge in [-0.3, -0.25) is 0 Å². The first-order chi connectivity index (χ1) is 7.88. The van der Waals surface area contributed by atoms with Crippen LogP contribution in [0.1, 0.15) is 5.56 Å². The Morgan fingerprint density at radius 3 is 2.59 bits per heavy atom. The van der Waals surface area contributed by atoms with E-state index in [1.807, 2.05) is 0 Å². The van der Waals surface area contributed by atoms with E-state index in [0.717, 1.165) is 6.07 Å². The molecule has 0 spiro atoms. The highest BCUT2D eigenvalue weighted by molar-refractivity contribution is 8.00. The van der Waals surface area contributed by atoms with Crippen molar-refractivity contribution in [1.82, 2.24) is 5.32 Å². The lowest BCUT2D eigenvalue weighted by atomic mass is 10.2. The lowest BCUT2D eigenvalue weighted by molar-refractivity contribution is -0.0327. The van der Waals surface area contributed by atoms with Gasteiger partial charge in [-0.1, -0.05) is 6.07 Å². The first kappa shape index (κ1) is 14.1. The van der Waals surface area contributed by atoms with Crippen molar-refractivity contribution >= 4 is 11.8 Å². The van der Waals surface area contributed by atoms with Crippen LogP contribution in [0.5, 0.6) is 5.75 Å². The molecule has 0 bridgehead atoms. The topological polar surface area (TPSA) is 32.3 Å². The quantitative estimate of drug-likeness (QED) is 0.637. The van der Waals surface area contributed by atoms with Gasteiger partial charge in [0.2, 0.25) is 0 Å². The first-order valence-corrected chi connectivity index (χ1v) is 5.76. The number of phenolic OH excluding ortho intramolecular Hbond substituents is 1. The minimum Gasteiger partial charge on any atom is -0.505 e. The van der Waals surface area contributed by atoms with Crippen molar-refractivity contribution in [2.45, 2.75) is 12.1 Å². The van der Waals surface area contributed by atoms with Gasteiger partial charge < -0.3 is 10.4 Å². The zero-order valence-electron chi connectivity index (χ0n) is 8.72. The Morgan fingerprint density at radius 1 is 1.29 bits per heavy atom. The van der Waals surface area contributed by atoms with Crippen LogP contribution in [-0.2, 0) is 6.54 Å². The summed E-state index contributed by atoms with van der Waals surface area (Å²) in [7, 11) is 0. The molecule has 0 aliphatic heterocycles. The molecule has 0 amide bonds. The van der Waals surface area contributed by atoms with Crippen LogP contribution >= 0.6 is 11.8 Å². The second-order valence-corrected chi connectivity index (χ2v) is 4.42. The molecule has 0 aliphatic rings. The second-order valence-electron chi connectivity index (χ2n) is 3.26. The third kappa shape index (κ3) is 5.78. The van der Waals surface area contributed by atoms with Crippen molar-refractivity contribution in [3.63, 3.8) is 0 Å². The van der Waals surface area contributed by atoms with Crippen LogP contribution in [0.25, 0.3) is 0 Å². The summed E-state index contributed by atoms with van der Waals surface area (Å²) in [5.41, 5.74) is -3.65.